The number of carbonyl (C=O) groups is 2. The molecule has 1 aromatic rings. The van der Waals surface area contributed by atoms with Gasteiger partial charge in [-0.25, -0.2) is 9.59 Å². The van der Waals surface area contributed by atoms with E-state index in [9.17, 15) is 19.8 Å². The fraction of sp³-hybridized carbons (Fsp3) is 0.417. The zero-order valence-electron chi connectivity index (χ0n) is 18.6. The number of carboxylic acids is 1. The van der Waals surface area contributed by atoms with Gasteiger partial charge in [0.1, 0.15) is 18.3 Å². The second-order valence-electron chi connectivity index (χ2n) is 7.78. The van der Waals surface area contributed by atoms with Gasteiger partial charge in [-0.1, -0.05) is 24.8 Å². The summed E-state index contributed by atoms with van der Waals surface area (Å²) in [4.78, 5) is 23.7. The van der Waals surface area contributed by atoms with Crippen LogP contribution in [0.25, 0.3) is 6.08 Å². The summed E-state index contributed by atoms with van der Waals surface area (Å²) in [6.45, 7) is 14.5. The van der Waals surface area contributed by atoms with Gasteiger partial charge >= 0.3 is 11.9 Å². The normalized spacial score (nSPS) is 20.7. The van der Waals surface area contributed by atoms with Crippen molar-refractivity contribution in [3.63, 3.8) is 0 Å². The molecule has 2 rings (SSSR count). The van der Waals surface area contributed by atoms with Gasteiger partial charge in [-0.3, -0.25) is 0 Å². The fourth-order valence-corrected chi connectivity index (χ4v) is 3.53. The van der Waals surface area contributed by atoms with E-state index < -0.39 is 36.2 Å². The van der Waals surface area contributed by atoms with Crippen LogP contribution in [0.4, 0.5) is 0 Å². The number of rotatable bonds is 12. The number of methoxy groups -OCH3 is 1. The molecule has 1 fully saturated rings. The van der Waals surface area contributed by atoms with Crippen LogP contribution in [-0.4, -0.2) is 48.3 Å². The van der Waals surface area contributed by atoms with E-state index in [0.717, 1.165) is 11.1 Å². The molecule has 0 amide bonds. The average molecular weight is 446 g/mol. The van der Waals surface area contributed by atoms with Crippen molar-refractivity contribution >= 4 is 18.0 Å². The highest BCUT2D eigenvalue weighted by atomic mass is 16.7. The third-order valence-corrected chi connectivity index (χ3v) is 5.25. The van der Waals surface area contributed by atoms with E-state index in [-0.39, 0.29) is 24.4 Å². The van der Waals surface area contributed by atoms with Crippen molar-refractivity contribution in [3.8, 4) is 0 Å². The predicted molar refractivity (Wildman–Crippen MR) is 118 cm³/mol. The van der Waals surface area contributed by atoms with Crippen LogP contribution in [0.2, 0.25) is 0 Å². The van der Waals surface area contributed by atoms with Gasteiger partial charge in [-0.15, -0.1) is 6.58 Å². The molecule has 4 atom stereocenters. The molecule has 8 heteroatoms. The largest absolute Gasteiger partial charge is 0.478 e. The number of hydrogen-bond acceptors (Lipinski definition) is 7. The first-order chi connectivity index (χ1) is 15.1. The molecule has 1 aromatic heterocycles. The molecule has 0 spiro atoms. The van der Waals surface area contributed by atoms with E-state index in [1.54, 1.807) is 12.1 Å². The average Bonchev–Trinajstić information content (AvgIpc) is 3.23. The molecule has 1 aliphatic rings. The molecule has 1 aliphatic heterocycles. The molecule has 174 valence electrons. The van der Waals surface area contributed by atoms with E-state index in [1.165, 1.54) is 13.2 Å². The van der Waals surface area contributed by atoms with Gasteiger partial charge < -0.3 is 28.8 Å². The summed E-state index contributed by atoms with van der Waals surface area (Å²) in [5, 5.41) is 19.1. The Morgan fingerprint density at radius 1 is 1.41 bits per heavy atom. The molecule has 0 aliphatic carbocycles. The smallest absolute Gasteiger partial charge is 0.334 e. The van der Waals surface area contributed by atoms with Gasteiger partial charge in [0.25, 0.3) is 0 Å². The molecule has 2 heterocycles. The minimum absolute atomic E-state index is 0.0968. The Bertz CT molecular complexity index is 922. The number of ether oxygens (including phenoxy) is 3. The lowest BCUT2D eigenvalue weighted by Gasteiger charge is -2.23. The second kappa shape index (κ2) is 11.1. The highest BCUT2D eigenvalue weighted by Gasteiger charge is 2.44. The first kappa shape index (κ1) is 25.3. The van der Waals surface area contributed by atoms with Crippen LogP contribution < -0.4 is 0 Å². The van der Waals surface area contributed by atoms with Crippen molar-refractivity contribution < 1.29 is 38.4 Å². The van der Waals surface area contributed by atoms with Gasteiger partial charge in [0, 0.05) is 18.6 Å². The highest BCUT2D eigenvalue weighted by Crippen LogP contribution is 2.44. The Balaban J connectivity index is 2.31. The SMILES string of the molecule is C=C[C@@H](O)C/C(C)=C/c1cc(C)c([C@H]2OC(=O)C(=C)[C@@H]2C[C@@H](OCOC)C(=C)C(=O)O)o1. The third-order valence-electron chi connectivity index (χ3n) is 5.25. The zero-order chi connectivity index (χ0) is 24.0. The standard InChI is InChI=1S/C24H30O8/c1-7-17(25)8-13(2)9-18-10-14(3)21(31-18)22-19(15(4)24(28)32-22)11-20(30-12-29-6)16(5)23(26)27/h7,9-10,17,19-20,22,25H,1,4-5,8,11-12H2,2-3,6H3,(H,26,27)/b13-9+/t17-,19+,20-,22+/m1/s1. The number of aliphatic carboxylic acids is 1. The monoisotopic (exact) mass is 446 g/mol. The molecular weight excluding hydrogens is 416 g/mol. The first-order valence-corrected chi connectivity index (χ1v) is 10.1. The van der Waals surface area contributed by atoms with E-state index >= 15 is 0 Å². The van der Waals surface area contributed by atoms with Crippen molar-refractivity contribution in [2.45, 2.75) is 45.0 Å². The Hall–Kier alpha value is -2.94. The Kier molecular flexibility index (Phi) is 8.77. The first-order valence-electron chi connectivity index (χ1n) is 10.1. The summed E-state index contributed by atoms with van der Waals surface area (Å²) in [5.41, 5.74) is 1.69. The number of carboxylic acid groups (broad SMARTS) is 1. The minimum Gasteiger partial charge on any atom is -0.478 e. The molecule has 8 nitrogen and oxygen atoms in total. The van der Waals surface area contributed by atoms with Crippen LogP contribution >= 0.6 is 0 Å². The summed E-state index contributed by atoms with van der Waals surface area (Å²) >= 11 is 0. The summed E-state index contributed by atoms with van der Waals surface area (Å²) < 4.78 is 21.9. The van der Waals surface area contributed by atoms with Crippen LogP contribution in [0, 0.1) is 12.8 Å². The number of esters is 1. The molecule has 0 aromatic carbocycles. The molecule has 2 N–H and O–H groups in total. The lowest BCUT2D eigenvalue weighted by molar-refractivity contribution is -0.141. The van der Waals surface area contributed by atoms with E-state index in [0.29, 0.717) is 17.9 Å². The van der Waals surface area contributed by atoms with Crippen LogP contribution in [0.5, 0.6) is 0 Å². The van der Waals surface area contributed by atoms with Crippen molar-refractivity contribution in [1.82, 2.24) is 0 Å². The number of aliphatic hydroxyl groups is 1. The highest BCUT2D eigenvalue weighted by molar-refractivity contribution is 5.91. The lowest BCUT2D eigenvalue weighted by Crippen LogP contribution is -2.26. The Labute approximate surface area is 187 Å². The summed E-state index contributed by atoms with van der Waals surface area (Å²) in [6.07, 6.45) is 1.40. The van der Waals surface area contributed by atoms with Crippen LogP contribution in [0.1, 0.15) is 43.0 Å². The fourth-order valence-electron chi connectivity index (χ4n) is 3.53. The van der Waals surface area contributed by atoms with E-state index in [2.05, 4.69) is 19.7 Å². The van der Waals surface area contributed by atoms with Gasteiger partial charge in [0.05, 0.1) is 17.8 Å². The van der Waals surface area contributed by atoms with Crippen LogP contribution in [-0.2, 0) is 23.8 Å². The summed E-state index contributed by atoms with van der Waals surface area (Å²) in [7, 11) is 1.42. The van der Waals surface area contributed by atoms with Gasteiger partial charge in [0.2, 0.25) is 0 Å². The lowest BCUT2D eigenvalue weighted by atomic mass is 9.87. The maximum absolute atomic E-state index is 12.3. The molecule has 0 bridgehead atoms. The summed E-state index contributed by atoms with van der Waals surface area (Å²) in [6, 6.07) is 1.81. The van der Waals surface area contributed by atoms with Crippen molar-refractivity contribution in [1.29, 1.82) is 0 Å². The number of aryl methyl sites for hydroxylation is 1. The van der Waals surface area contributed by atoms with Gasteiger partial charge in [-0.2, -0.15) is 0 Å². The molecule has 0 radical (unpaired) electrons. The maximum Gasteiger partial charge on any atom is 0.334 e. The van der Waals surface area contributed by atoms with E-state index in [1.807, 2.05) is 13.8 Å². The molecule has 32 heavy (non-hydrogen) atoms. The maximum atomic E-state index is 12.3. The second-order valence-corrected chi connectivity index (χ2v) is 7.78. The van der Waals surface area contributed by atoms with Crippen molar-refractivity contribution in [2.75, 3.05) is 13.9 Å². The Morgan fingerprint density at radius 2 is 2.09 bits per heavy atom. The van der Waals surface area contributed by atoms with Crippen molar-refractivity contribution in [2.24, 2.45) is 5.92 Å². The number of carbonyl (C=O) groups excluding carboxylic acids is 1. The topological polar surface area (TPSA) is 115 Å². The number of hydrogen-bond donors (Lipinski definition) is 2. The Morgan fingerprint density at radius 3 is 2.69 bits per heavy atom. The molecule has 0 saturated carbocycles. The summed E-state index contributed by atoms with van der Waals surface area (Å²) in [5.74, 6) is -1.38. The van der Waals surface area contributed by atoms with Gasteiger partial charge in [0.15, 0.2) is 6.10 Å². The third kappa shape index (κ3) is 6.06. The number of aliphatic hydroxyl groups excluding tert-OH is 1. The van der Waals surface area contributed by atoms with Crippen molar-refractivity contribution in [3.05, 3.63) is 65.7 Å². The number of furan rings is 1. The van der Waals surface area contributed by atoms with E-state index in [4.69, 9.17) is 18.6 Å². The molecule has 1 saturated heterocycles. The number of cyclic esters (lactones) is 1. The predicted octanol–water partition coefficient (Wildman–Crippen LogP) is 3.72. The quantitative estimate of drug-likeness (QED) is 0.216. The zero-order valence-corrected chi connectivity index (χ0v) is 18.6. The van der Waals surface area contributed by atoms with Crippen LogP contribution in [0.15, 0.2) is 53.0 Å². The van der Waals surface area contributed by atoms with Gasteiger partial charge in [-0.05, 0) is 44.4 Å². The van der Waals surface area contributed by atoms with Crippen LogP contribution in [0.3, 0.4) is 0 Å². The minimum atomic E-state index is -1.21. The molecular formula is C24H30O8. The molecule has 0 unspecified atom stereocenters.